The van der Waals surface area contributed by atoms with Crippen molar-refractivity contribution in [2.75, 3.05) is 17.1 Å². The molecule has 1 atom stereocenters. The summed E-state index contributed by atoms with van der Waals surface area (Å²) >= 11 is 3.41. The first-order valence-electron chi connectivity index (χ1n) is 13.8. The maximum atomic E-state index is 14.1. The monoisotopic (exact) mass is 661 g/mol. The fraction of sp³-hybridized carbons (Fsp3) is 0.355. The Balaban J connectivity index is 1.72. The van der Waals surface area contributed by atoms with E-state index in [2.05, 4.69) is 21.2 Å². The molecule has 0 aromatic heterocycles. The highest BCUT2D eigenvalue weighted by Gasteiger charge is 2.34. The molecule has 1 saturated carbocycles. The van der Waals surface area contributed by atoms with Crippen molar-refractivity contribution in [2.24, 2.45) is 0 Å². The first kappa shape index (κ1) is 31.6. The van der Waals surface area contributed by atoms with Gasteiger partial charge in [0.05, 0.1) is 11.9 Å². The summed E-state index contributed by atoms with van der Waals surface area (Å²) in [5.41, 5.74) is 1.36. The van der Waals surface area contributed by atoms with Gasteiger partial charge in [0.25, 0.3) is 0 Å². The van der Waals surface area contributed by atoms with E-state index in [1.165, 1.54) is 4.90 Å². The molecule has 7 nitrogen and oxygen atoms in total. The van der Waals surface area contributed by atoms with Gasteiger partial charge in [-0.25, -0.2) is 17.2 Å². The summed E-state index contributed by atoms with van der Waals surface area (Å²) in [6, 6.07) is 18.2. The lowest BCUT2D eigenvalue weighted by molar-refractivity contribution is -0.140. The van der Waals surface area contributed by atoms with Crippen molar-refractivity contribution in [1.82, 2.24) is 10.2 Å². The average molecular weight is 663 g/mol. The van der Waals surface area contributed by atoms with Crippen LogP contribution >= 0.6 is 15.9 Å². The molecule has 0 spiro atoms. The Labute approximate surface area is 254 Å². The number of sulfonamides is 1. The van der Waals surface area contributed by atoms with Crippen molar-refractivity contribution in [3.05, 3.63) is 100 Å². The van der Waals surface area contributed by atoms with Crippen molar-refractivity contribution < 1.29 is 26.8 Å². The summed E-state index contributed by atoms with van der Waals surface area (Å²) in [5.74, 6) is -3.37. The molecule has 3 aromatic rings. The van der Waals surface area contributed by atoms with E-state index < -0.39 is 40.2 Å². The standard InChI is InChI=1S/C31H34BrF2N3O4S/c1-42(40,41)37(26-16-17-27(33)28(34)19-26)21-30(38)36(20-23-12-14-24(32)15-13-23)29(18-22-8-4-2-5-9-22)31(39)35-25-10-6-3-7-11-25/h2,4-5,8-9,12-17,19,25,29H,3,6-7,10-11,18,20-21H2,1H3,(H,35,39). The third kappa shape index (κ3) is 8.61. The minimum absolute atomic E-state index is 0.0103. The molecule has 1 aliphatic rings. The van der Waals surface area contributed by atoms with Crippen LogP contribution in [0.25, 0.3) is 0 Å². The van der Waals surface area contributed by atoms with E-state index in [4.69, 9.17) is 0 Å². The molecule has 0 saturated heterocycles. The third-order valence-corrected chi connectivity index (χ3v) is 9.03. The molecule has 0 bridgehead atoms. The highest BCUT2D eigenvalue weighted by molar-refractivity contribution is 9.10. The predicted molar refractivity (Wildman–Crippen MR) is 162 cm³/mol. The molecule has 42 heavy (non-hydrogen) atoms. The van der Waals surface area contributed by atoms with Gasteiger partial charge < -0.3 is 10.2 Å². The Morgan fingerprint density at radius 1 is 0.929 bits per heavy atom. The second-order valence-corrected chi connectivity index (χ2v) is 13.4. The molecule has 3 aromatic carbocycles. The number of benzene rings is 3. The number of nitrogens with one attached hydrogen (secondary N) is 1. The lowest BCUT2D eigenvalue weighted by Gasteiger charge is -2.35. The van der Waals surface area contributed by atoms with Crippen LogP contribution in [0.3, 0.4) is 0 Å². The largest absolute Gasteiger partial charge is 0.352 e. The van der Waals surface area contributed by atoms with E-state index >= 15 is 0 Å². The zero-order valence-electron chi connectivity index (χ0n) is 23.3. The van der Waals surface area contributed by atoms with Gasteiger partial charge in [0.2, 0.25) is 21.8 Å². The second kappa shape index (κ2) is 14.2. The normalized spacial score (nSPS) is 14.7. The second-order valence-electron chi connectivity index (χ2n) is 10.6. The number of anilines is 1. The summed E-state index contributed by atoms with van der Waals surface area (Å²) in [5, 5.41) is 3.13. The molecular formula is C31H34BrF2N3O4S. The van der Waals surface area contributed by atoms with Crippen LogP contribution in [0.5, 0.6) is 0 Å². The number of hydrogen-bond donors (Lipinski definition) is 1. The van der Waals surface area contributed by atoms with E-state index in [0.29, 0.717) is 0 Å². The van der Waals surface area contributed by atoms with Gasteiger partial charge >= 0.3 is 0 Å². The minimum Gasteiger partial charge on any atom is -0.352 e. The van der Waals surface area contributed by atoms with Gasteiger partial charge in [-0.15, -0.1) is 0 Å². The molecule has 0 radical (unpaired) electrons. The highest BCUT2D eigenvalue weighted by Crippen LogP contribution is 2.24. The highest BCUT2D eigenvalue weighted by atomic mass is 79.9. The van der Waals surface area contributed by atoms with Crippen molar-refractivity contribution in [3.63, 3.8) is 0 Å². The first-order chi connectivity index (χ1) is 20.0. The van der Waals surface area contributed by atoms with Gasteiger partial charge in [-0.3, -0.25) is 13.9 Å². The quantitative estimate of drug-likeness (QED) is 0.291. The van der Waals surface area contributed by atoms with Gasteiger partial charge in [0, 0.05) is 29.5 Å². The van der Waals surface area contributed by atoms with Crippen molar-refractivity contribution in [2.45, 2.75) is 57.2 Å². The minimum atomic E-state index is -4.09. The Kier molecular flexibility index (Phi) is 10.7. The number of rotatable bonds is 11. The van der Waals surface area contributed by atoms with Crippen molar-refractivity contribution >= 4 is 43.5 Å². The lowest BCUT2D eigenvalue weighted by atomic mass is 9.94. The zero-order chi connectivity index (χ0) is 30.3. The molecule has 1 fully saturated rings. The number of amides is 2. The van der Waals surface area contributed by atoms with E-state index in [0.717, 1.165) is 76.5 Å². The fourth-order valence-electron chi connectivity index (χ4n) is 5.14. The number of halogens is 3. The topological polar surface area (TPSA) is 86.8 Å². The molecule has 1 aliphatic carbocycles. The van der Waals surface area contributed by atoms with Crippen LogP contribution in [-0.2, 0) is 32.6 Å². The first-order valence-corrected chi connectivity index (χ1v) is 16.5. The summed E-state index contributed by atoms with van der Waals surface area (Å²) < 4.78 is 54.9. The Morgan fingerprint density at radius 2 is 1.60 bits per heavy atom. The van der Waals surface area contributed by atoms with Crippen LogP contribution in [0.4, 0.5) is 14.5 Å². The van der Waals surface area contributed by atoms with Crippen LogP contribution in [0.1, 0.15) is 43.2 Å². The lowest BCUT2D eigenvalue weighted by Crippen LogP contribution is -2.55. The Hall–Kier alpha value is -3.31. The molecule has 11 heteroatoms. The number of carbonyl (C=O) groups excluding carboxylic acids is 2. The van der Waals surface area contributed by atoms with Crippen LogP contribution in [0.15, 0.2) is 77.3 Å². The molecule has 4 rings (SSSR count). The van der Waals surface area contributed by atoms with Gasteiger partial charge in [-0.2, -0.15) is 0 Å². The van der Waals surface area contributed by atoms with Gasteiger partial charge in [-0.1, -0.05) is 77.7 Å². The summed E-state index contributed by atoms with van der Waals surface area (Å²) in [7, 11) is -4.09. The maximum absolute atomic E-state index is 14.1. The van der Waals surface area contributed by atoms with Crippen molar-refractivity contribution in [3.8, 4) is 0 Å². The smallest absolute Gasteiger partial charge is 0.244 e. The van der Waals surface area contributed by atoms with Crippen molar-refractivity contribution in [1.29, 1.82) is 0 Å². The molecule has 1 N–H and O–H groups in total. The molecule has 0 heterocycles. The average Bonchev–Trinajstić information content (AvgIpc) is 2.96. The maximum Gasteiger partial charge on any atom is 0.244 e. The number of carbonyl (C=O) groups is 2. The predicted octanol–water partition coefficient (Wildman–Crippen LogP) is 5.58. The summed E-state index contributed by atoms with van der Waals surface area (Å²) in [6.45, 7) is -0.681. The number of nitrogens with zero attached hydrogens (tertiary/aromatic N) is 2. The van der Waals surface area contributed by atoms with Crippen LogP contribution in [0.2, 0.25) is 0 Å². The summed E-state index contributed by atoms with van der Waals surface area (Å²) in [4.78, 5) is 29.4. The fourth-order valence-corrected chi connectivity index (χ4v) is 6.24. The van der Waals surface area contributed by atoms with E-state index in [1.807, 2.05) is 54.6 Å². The van der Waals surface area contributed by atoms with Gasteiger partial charge in [-0.05, 0) is 48.2 Å². The van der Waals surface area contributed by atoms with E-state index in [9.17, 15) is 26.8 Å². The van der Waals surface area contributed by atoms with Gasteiger partial charge in [0.15, 0.2) is 11.6 Å². The van der Waals surface area contributed by atoms with Crippen LogP contribution in [0, 0.1) is 11.6 Å². The number of hydrogen-bond acceptors (Lipinski definition) is 4. The van der Waals surface area contributed by atoms with E-state index in [-0.39, 0.29) is 30.6 Å². The van der Waals surface area contributed by atoms with E-state index in [1.54, 1.807) is 0 Å². The third-order valence-electron chi connectivity index (χ3n) is 7.36. The molecule has 0 aliphatic heterocycles. The Bertz CT molecular complexity index is 1480. The SMILES string of the molecule is CS(=O)(=O)N(CC(=O)N(Cc1ccc(Br)cc1)C(Cc1ccccc1)C(=O)NC1CCCCC1)c1ccc(F)c(F)c1. The zero-order valence-corrected chi connectivity index (χ0v) is 25.7. The molecule has 224 valence electrons. The molecular weight excluding hydrogens is 628 g/mol. The van der Waals surface area contributed by atoms with Gasteiger partial charge in [0.1, 0.15) is 12.6 Å². The molecule has 1 unspecified atom stereocenters. The molecule has 2 amide bonds. The van der Waals surface area contributed by atoms with Crippen LogP contribution in [-0.4, -0.2) is 50.0 Å². The Morgan fingerprint density at radius 3 is 2.21 bits per heavy atom. The van der Waals surface area contributed by atoms with Crippen LogP contribution < -0.4 is 9.62 Å². The summed E-state index contributed by atoms with van der Waals surface area (Å²) in [6.07, 6.45) is 5.91.